The Balaban J connectivity index is 1.55. The van der Waals surface area contributed by atoms with Gasteiger partial charge in [0.2, 0.25) is 5.91 Å². The number of rotatable bonds is 2. The second-order valence-electron chi connectivity index (χ2n) is 5.55. The second-order valence-corrected chi connectivity index (χ2v) is 6.41. The van der Waals surface area contributed by atoms with E-state index in [-0.39, 0.29) is 21.9 Å². The van der Waals surface area contributed by atoms with E-state index in [9.17, 15) is 14.4 Å². The number of carbonyl (C=O) groups is 2. The molecule has 0 unspecified atom stereocenters. The Morgan fingerprint density at radius 3 is 2.48 bits per heavy atom. The Hall–Kier alpha value is -1.63. The van der Waals surface area contributed by atoms with Crippen molar-refractivity contribution in [3.05, 3.63) is 32.8 Å². The standard InChI is InChI=1S/C14H15BrN2O4/c15-10-5-7(6-21-14(10)20)12(18)16-17-13(19)11-8-3-1-2-4-9(8)11/h5-6,8-9,11H,1-4H2,(H,16,18)(H,17,19)/t8-,9-/m0/s1. The summed E-state index contributed by atoms with van der Waals surface area (Å²) in [7, 11) is 0. The molecule has 2 aliphatic rings. The molecule has 2 atom stereocenters. The van der Waals surface area contributed by atoms with Crippen molar-refractivity contribution in [3.8, 4) is 0 Å². The highest BCUT2D eigenvalue weighted by molar-refractivity contribution is 9.10. The van der Waals surface area contributed by atoms with Crippen LogP contribution in [0.15, 0.2) is 26.0 Å². The van der Waals surface area contributed by atoms with Crippen molar-refractivity contribution in [2.45, 2.75) is 25.7 Å². The molecule has 0 saturated heterocycles. The van der Waals surface area contributed by atoms with Gasteiger partial charge in [0.1, 0.15) is 10.7 Å². The molecule has 2 fully saturated rings. The number of hydrogen-bond acceptors (Lipinski definition) is 4. The fourth-order valence-corrected chi connectivity index (χ4v) is 3.52. The van der Waals surface area contributed by atoms with E-state index in [4.69, 9.17) is 0 Å². The maximum Gasteiger partial charge on any atom is 0.350 e. The molecule has 1 aromatic rings. The van der Waals surface area contributed by atoms with Gasteiger partial charge in [-0.25, -0.2) is 4.79 Å². The van der Waals surface area contributed by atoms with Gasteiger partial charge in [-0.15, -0.1) is 0 Å². The Morgan fingerprint density at radius 1 is 1.19 bits per heavy atom. The zero-order valence-electron chi connectivity index (χ0n) is 11.2. The fourth-order valence-electron chi connectivity index (χ4n) is 3.18. The summed E-state index contributed by atoms with van der Waals surface area (Å²) in [5, 5.41) is 0. The number of carbonyl (C=O) groups excluding carboxylic acids is 2. The van der Waals surface area contributed by atoms with Gasteiger partial charge in [0, 0.05) is 5.92 Å². The van der Waals surface area contributed by atoms with Crippen LogP contribution >= 0.6 is 15.9 Å². The number of hydrazine groups is 1. The molecule has 0 bridgehead atoms. The van der Waals surface area contributed by atoms with E-state index in [1.165, 1.54) is 18.9 Å². The maximum absolute atomic E-state index is 12.0. The summed E-state index contributed by atoms with van der Waals surface area (Å²) in [4.78, 5) is 35.0. The predicted octanol–water partition coefficient (Wildman–Crippen LogP) is 1.60. The highest BCUT2D eigenvalue weighted by Gasteiger charge is 2.54. The van der Waals surface area contributed by atoms with Crippen LogP contribution in [0.25, 0.3) is 0 Å². The van der Waals surface area contributed by atoms with Crippen molar-refractivity contribution in [2.75, 3.05) is 0 Å². The van der Waals surface area contributed by atoms with Gasteiger partial charge in [0.05, 0.1) is 5.56 Å². The number of fused-ring (bicyclic) bond motifs is 1. The maximum atomic E-state index is 12.0. The topological polar surface area (TPSA) is 88.4 Å². The van der Waals surface area contributed by atoms with Crippen molar-refractivity contribution in [3.63, 3.8) is 0 Å². The lowest BCUT2D eigenvalue weighted by atomic mass is 10.0. The van der Waals surface area contributed by atoms with E-state index in [0.717, 1.165) is 19.1 Å². The normalized spacial score (nSPS) is 26.6. The first kappa shape index (κ1) is 14.3. The summed E-state index contributed by atoms with van der Waals surface area (Å²) in [5.41, 5.74) is 4.42. The Bertz CT molecular complexity index is 630. The lowest BCUT2D eigenvalue weighted by molar-refractivity contribution is -0.123. The zero-order valence-corrected chi connectivity index (χ0v) is 12.8. The average molecular weight is 355 g/mol. The van der Waals surface area contributed by atoms with Crippen molar-refractivity contribution in [2.24, 2.45) is 17.8 Å². The van der Waals surface area contributed by atoms with Gasteiger partial charge in [-0.2, -0.15) is 0 Å². The summed E-state index contributed by atoms with van der Waals surface area (Å²) in [6.45, 7) is 0. The van der Waals surface area contributed by atoms with Crippen LogP contribution in [0, 0.1) is 17.8 Å². The third-order valence-corrected chi connectivity index (χ3v) is 4.84. The van der Waals surface area contributed by atoms with Crippen LogP contribution in [-0.4, -0.2) is 11.8 Å². The van der Waals surface area contributed by atoms with Gasteiger partial charge in [0.15, 0.2) is 0 Å². The highest BCUT2D eigenvalue weighted by atomic mass is 79.9. The van der Waals surface area contributed by atoms with Crippen LogP contribution < -0.4 is 16.5 Å². The largest absolute Gasteiger partial charge is 0.430 e. The molecule has 0 aliphatic heterocycles. The minimum atomic E-state index is -0.558. The van der Waals surface area contributed by atoms with Crippen molar-refractivity contribution in [1.29, 1.82) is 0 Å². The minimum Gasteiger partial charge on any atom is -0.430 e. The molecule has 2 aliphatic carbocycles. The summed E-state index contributed by atoms with van der Waals surface area (Å²) in [5.74, 6) is 0.362. The quantitative estimate of drug-likeness (QED) is 0.789. The molecule has 2 saturated carbocycles. The molecule has 112 valence electrons. The van der Waals surface area contributed by atoms with Gasteiger partial charge in [-0.1, -0.05) is 12.8 Å². The fraction of sp³-hybridized carbons (Fsp3) is 0.500. The van der Waals surface area contributed by atoms with Gasteiger partial charge >= 0.3 is 5.63 Å². The first-order valence-electron chi connectivity index (χ1n) is 6.96. The van der Waals surface area contributed by atoms with Crippen LogP contribution in [-0.2, 0) is 4.79 Å². The Morgan fingerprint density at radius 2 is 1.86 bits per heavy atom. The van der Waals surface area contributed by atoms with Crippen LogP contribution in [0.3, 0.4) is 0 Å². The number of nitrogens with one attached hydrogen (secondary N) is 2. The number of hydrogen-bond donors (Lipinski definition) is 2. The second kappa shape index (κ2) is 5.63. The van der Waals surface area contributed by atoms with E-state index in [2.05, 4.69) is 31.2 Å². The monoisotopic (exact) mass is 354 g/mol. The SMILES string of the molecule is O=C(NNC(=O)C1[C@H]2CCCC[C@H]12)c1coc(=O)c(Br)c1. The summed E-state index contributed by atoms with van der Waals surface area (Å²) < 4.78 is 4.84. The molecule has 6 nitrogen and oxygen atoms in total. The van der Waals surface area contributed by atoms with Crippen molar-refractivity contribution in [1.82, 2.24) is 10.9 Å². The lowest BCUT2D eigenvalue weighted by Crippen LogP contribution is -2.43. The smallest absolute Gasteiger partial charge is 0.350 e. The first-order valence-corrected chi connectivity index (χ1v) is 7.76. The highest BCUT2D eigenvalue weighted by Crippen LogP contribution is 2.55. The summed E-state index contributed by atoms with van der Waals surface area (Å²) >= 11 is 3.00. The van der Waals surface area contributed by atoms with Crippen LogP contribution in [0.5, 0.6) is 0 Å². The molecule has 21 heavy (non-hydrogen) atoms. The van der Waals surface area contributed by atoms with E-state index in [1.54, 1.807) is 0 Å². The van der Waals surface area contributed by atoms with Gasteiger partial charge < -0.3 is 4.42 Å². The third kappa shape index (κ3) is 2.88. The van der Waals surface area contributed by atoms with Crippen LogP contribution in [0.4, 0.5) is 0 Å². The van der Waals surface area contributed by atoms with E-state index < -0.39 is 11.5 Å². The lowest BCUT2D eigenvalue weighted by Gasteiger charge is -2.06. The number of halogens is 1. The first-order chi connectivity index (χ1) is 10.1. The van der Waals surface area contributed by atoms with Crippen molar-refractivity contribution < 1.29 is 14.0 Å². The van der Waals surface area contributed by atoms with E-state index in [1.807, 2.05) is 0 Å². The Labute approximate surface area is 129 Å². The molecule has 0 aromatic carbocycles. The molecule has 0 spiro atoms. The number of amides is 2. The molecule has 7 heteroatoms. The molecular weight excluding hydrogens is 340 g/mol. The average Bonchev–Trinajstić information content (AvgIpc) is 3.21. The predicted molar refractivity (Wildman–Crippen MR) is 77.2 cm³/mol. The van der Waals surface area contributed by atoms with E-state index in [0.29, 0.717) is 11.8 Å². The molecular formula is C14H15BrN2O4. The molecule has 1 aromatic heterocycles. The molecule has 1 heterocycles. The summed E-state index contributed by atoms with van der Waals surface area (Å²) in [6, 6.07) is 1.35. The molecule has 2 amide bonds. The van der Waals surface area contributed by atoms with Crippen molar-refractivity contribution >= 4 is 27.7 Å². The van der Waals surface area contributed by atoms with E-state index >= 15 is 0 Å². The zero-order chi connectivity index (χ0) is 15.0. The van der Waals surface area contributed by atoms with Crippen LogP contribution in [0.1, 0.15) is 36.0 Å². The third-order valence-electron chi connectivity index (χ3n) is 4.29. The minimum absolute atomic E-state index is 0.0354. The molecule has 3 rings (SSSR count). The summed E-state index contributed by atoms with van der Waals surface area (Å²) in [6.07, 6.45) is 5.65. The van der Waals surface area contributed by atoms with Crippen LogP contribution in [0.2, 0.25) is 0 Å². The van der Waals surface area contributed by atoms with Gasteiger partial charge in [-0.3, -0.25) is 20.4 Å². The Kier molecular flexibility index (Phi) is 3.84. The molecule has 2 N–H and O–H groups in total. The molecule has 0 radical (unpaired) electrons. The van der Waals surface area contributed by atoms with Gasteiger partial charge in [-0.05, 0) is 46.7 Å². The van der Waals surface area contributed by atoms with Gasteiger partial charge in [0.25, 0.3) is 5.91 Å².